The van der Waals surface area contributed by atoms with Crippen molar-refractivity contribution in [2.75, 3.05) is 57.9 Å². The summed E-state index contributed by atoms with van der Waals surface area (Å²) in [5.74, 6) is 1.38. The molecule has 7 bridgehead atoms. The summed E-state index contributed by atoms with van der Waals surface area (Å²) in [4.78, 5) is 33.8. The monoisotopic (exact) mass is 695 g/mol. The highest BCUT2D eigenvalue weighted by molar-refractivity contribution is 6.03. The van der Waals surface area contributed by atoms with Gasteiger partial charge in [0.25, 0.3) is 0 Å². The van der Waals surface area contributed by atoms with Crippen LogP contribution in [0.15, 0.2) is 30.5 Å². The number of pyridine rings is 1. The Morgan fingerprint density at radius 2 is 2.04 bits per heavy atom. The van der Waals surface area contributed by atoms with Gasteiger partial charge >= 0.3 is 6.01 Å². The number of hydrogen-bond acceptors (Lipinski definition) is 10. The number of aromatic nitrogens is 3. The zero-order chi connectivity index (χ0) is 35.1. The molecule has 264 valence electrons. The smallest absolute Gasteiger partial charge is 0.319 e. The summed E-state index contributed by atoms with van der Waals surface area (Å²) in [7, 11) is 1.84. The number of aromatic hydroxyl groups is 1. The lowest BCUT2D eigenvalue weighted by Gasteiger charge is -2.44. The van der Waals surface area contributed by atoms with E-state index in [1.165, 1.54) is 30.5 Å². The van der Waals surface area contributed by atoms with Crippen molar-refractivity contribution in [2.45, 2.75) is 61.7 Å². The van der Waals surface area contributed by atoms with Gasteiger partial charge in [0.05, 0.1) is 41.2 Å². The topological polar surface area (TPSA) is 116 Å². The number of anilines is 1. The summed E-state index contributed by atoms with van der Waals surface area (Å²) >= 11 is 0. The van der Waals surface area contributed by atoms with E-state index in [9.17, 15) is 14.3 Å². The lowest BCUT2D eigenvalue weighted by molar-refractivity contribution is -0.132. The molecule has 0 aliphatic carbocycles. The van der Waals surface area contributed by atoms with Gasteiger partial charge in [0.15, 0.2) is 5.82 Å². The molecule has 5 aliphatic rings. The Balaban J connectivity index is 1.21. The molecule has 0 unspecified atom stereocenters. The van der Waals surface area contributed by atoms with Gasteiger partial charge < -0.3 is 29.7 Å². The first-order valence-corrected chi connectivity index (χ1v) is 17.7. The molecule has 1 amide bonds. The van der Waals surface area contributed by atoms with E-state index in [0.717, 1.165) is 45.2 Å². The van der Waals surface area contributed by atoms with Gasteiger partial charge in [0.1, 0.15) is 35.2 Å². The average Bonchev–Trinajstić information content (AvgIpc) is 3.76. The number of hydrogen-bond donors (Lipinski definition) is 2. The van der Waals surface area contributed by atoms with Crippen molar-refractivity contribution < 1.29 is 28.2 Å². The summed E-state index contributed by atoms with van der Waals surface area (Å²) in [5, 5.41) is 15.5. The molecule has 0 radical (unpaired) electrons. The first-order chi connectivity index (χ1) is 24.6. The molecule has 2 aromatic carbocycles. The molecule has 0 saturated carbocycles. The van der Waals surface area contributed by atoms with Gasteiger partial charge in [-0.1, -0.05) is 12.0 Å². The van der Waals surface area contributed by atoms with E-state index >= 15 is 4.39 Å². The molecule has 4 saturated heterocycles. The number of terminal acetylenes is 1. The largest absolute Gasteiger partial charge is 0.508 e. The van der Waals surface area contributed by atoms with Crippen molar-refractivity contribution in [1.82, 2.24) is 30.1 Å². The van der Waals surface area contributed by atoms with Crippen LogP contribution in [-0.4, -0.2) is 112 Å². The minimum Gasteiger partial charge on any atom is -0.508 e. The zero-order valence-electron chi connectivity index (χ0n) is 28.4. The van der Waals surface area contributed by atoms with Crippen LogP contribution in [0.5, 0.6) is 11.8 Å². The Hall–Kier alpha value is -4.64. The fourth-order valence-electron chi connectivity index (χ4n) is 9.41. The highest BCUT2D eigenvalue weighted by Gasteiger charge is 2.50. The van der Waals surface area contributed by atoms with Gasteiger partial charge in [0.2, 0.25) is 5.91 Å². The van der Waals surface area contributed by atoms with Gasteiger partial charge in [-0.25, -0.2) is 8.78 Å². The number of rotatable bonds is 1. The van der Waals surface area contributed by atoms with Crippen molar-refractivity contribution in [3.05, 3.63) is 47.7 Å². The Bertz CT molecular complexity index is 2140. The Morgan fingerprint density at radius 3 is 2.90 bits per heavy atom. The molecule has 51 heavy (non-hydrogen) atoms. The maximum atomic E-state index is 17.1. The quantitative estimate of drug-likeness (QED) is 0.284. The standard InChI is InChI=1S/C38H39F2N7O4/c1-3-26-29(39)6-5-22-13-24(48)14-27(31(22)26)33-32(40)34-28(16-41-33)35-43-36(42-34)51-21-38-9-4-11-47(38)18-25(15-38)50-12-8-30(49)45(2)19-37-10-7-23(44-37)17-46(35)20-37/h1,5-6,13-14,16,23,25,44,48H,4,7-12,15,17-21H2,2H3/t23-,25+,37-,38+/m1/s1. The number of nitrogens with zero attached hydrogens (tertiary/aromatic N) is 6. The molecule has 2 aromatic heterocycles. The zero-order valence-corrected chi connectivity index (χ0v) is 28.4. The Morgan fingerprint density at radius 1 is 1.16 bits per heavy atom. The molecular weight excluding hydrogens is 656 g/mol. The SMILES string of the molecule is C#Cc1c(F)ccc2cc(O)cc(-c3ncc4c5nc(nc4c3F)OC[C@@]34CCCN3C[C@H](C4)OCCC(=O)N(C)C[C@]34CC[C@H](CN5C3)N4)c12. The van der Waals surface area contributed by atoms with Gasteiger partial charge in [-0.3, -0.25) is 14.7 Å². The summed E-state index contributed by atoms with van der Waals surface area (Å²) in [6.45, 7) is 3.97. The number of halogens is 2. The summed E-state index contributed by atoms with van der Waals surface area (Å²) in [5.41, 5.74) is -0.723. The van der Waals surface area contributed by atoms with Crippen molar-refractivity contribution in [1.29, 1.82) is 0 Å². The summed E-state index contributed by atoms with van der Waals surface area (Å²) < 4.78 is 44.8. The molecule has 4 fully saturated rings. The van der Waals surface area contributed by atoms with E-state index in [0.29, 0.717) is 55.9 Å². The summed E-state index contributed by atoms with van der Waals surface area (Å²) in [6, 6.07) is 5.69. The number of phenols is 1. The Kier molecular flexibility index (Phi) is 7.58. The van der Waals surface area contributed by atoms with Crippen LogP contribution in [0.1, 0.15) is 44.1 Å². The van der Waals surface area contributed by atoms with E-state index in [4.69, 9.17) is 20.9 Å². The first kappa shape index (κ1) is 32.3. The predicted molar refractivity (Wildman–Crippen MR) is 187 cm³/mol. The van der Waals surface area contributed by atoms with Crippen LogP contribution in [0.25, 0.3) is 32.9 Å². The second-order valence-electron chi connectivity index (χ2n) is 15.0. The van der Waals surface area contributed by atoms with E-state index in [2.05, 4.69) is 31.0 Å². The van der Waals surface area contributed by atoms with Gasteiger partial charge in [-0.15, -0.1) is 6.42 Å². The average molecular weight is 696 g/mol. The van der Waals surface area contributed by atoms with Gasteiger partial charge in [-0.2, -0.15) is 9.97 Å². The summed E-state index contributed by atoms with van der Waals surface area (Å²) in [6.07, 6.45) is 12.0. The van der Waals surface area contributed by atoms with Crippen LogP contribution in [0.2, 0.25) is 0 Å². The maximum absolute atomic E-state index is 17.1. The fraction of sp³-hybridized carbons (Fsp3) is 0.474. The normalized spacial score (nSPS) is 28.2. The van der Waals surface area contributed by atoms with Crippen molar-refractivity contribution >= 4 is 33.4 Å². The molecular formula is C38H39F2N7O4. The number of piperazine rings is 1. The van der Waals surface area contributed by atoms with Crippen molar-refractivity contribution in [3.8, 4) is 35.4 Å². The number of fused-ring (bicyclic) bond motifs is 9. The Labute approximate surface area is 293 Å². The predicted octanol–water partition coefficient (Wildman–Crippen LogP) is 3.99. The maximum Gasteiger partial charge on any atom is 0.319 e. The highest BCUT2D eigenvalue weighted by atomic mass is 19.1. The van der Waals surface area contributed by atoms with Gasteiger partial charge in [-0.05, 0) is 62.2 Å². The fourth-order valence-corrected chi connectivity index (χ4v) is 9.41. The number of carbonyl (C=O) groups is 1. The first-order valence-electron chi connectivity index (χ1n) is 17.7. The molecule has 7 heterocycles. The van der Waals surface area contributed by atoms with Crippen molar-refractivity contribution in [2.24, 2.45) is 0 Å². The number of amides is 1. The third-order valence-electron chi connectivity index (χ3n) is 11.7. The lowest BCUT2D eigenvalue weighted by Crippen LogP contribution is -2.64. The number of likely N-dealkylation sites (N-methyl/N-ethyl adjacent to an activating group) is 1. The minimum absolute atomic E-state index is 0.00583. The van der Waals surface area contributed by atoms with Crippen LogP contribution in [0.4, 0.5) is 14.6 Å². The number of ether oxygens (including phenoxy) is 2. The molecule has 4 atom stereocenters. The minimum atomic E-state index is -0.765. The van der Waals surface area contributed by atoms with Crippen LogP contribution < -0.4 is 15.0 Å². The van der Waals surface area contributed by atoms with Gasteiger partial charge in [0, 0.05) is 56.4 Å². The number of nitrogens with one attached hydrogen (secondary N) is 1. The number of phenolic OH excluding ortho intramolecular Hbond substituents is 1. The second kappa shape index (κ2) is 12.0. The van der Waals surface area contributed by atoms with Crippen LogP contribution in [0, 0.1) is 24.0 Å². The molecule has 4 aromatic rings. The van der Waals surface area contributed by atoms with Crippen LogP contribution >= 0.6 is 0 Å². The van der Waals surface area contributed by atoms with Crippen LogP contribution in [-0.2, 0) is 9.53 Å². The molecule has 13 heteroatoms. The van der Waals surface area contributed by atoms with E-state index in [-0.39, 0.29) is 63.1 Å². The molecule has 2 spiro atoms. The second-order valence-corrected chi connectivity index (χ2v) is 15.0. The van der Waals surface area contributed by atoms with E-state index in [1.54, 1.807) is 4.90 Å². The van der Waals surface area contributed by atoms with Crippen molar-refractivity contribution in [3.63, 3.8) is 0 Å². The molecule has 5 aliphatic heterocycles. The van der Waals surface area contributed by atoms with E-state index in [1.807, 2.05) is 7.05 Å². The molecule has 9 rings (SSSR count). The third-order valence-corrected chi connectivity index (χ3v) is 11.7. The molecule has 2 N–H and O–H groups in total. The van der Waals surface area contributed by atoms with E-state index < -0.39 is 17.2 Å². The lowest BCUT2D eigenvalue weighted by atomic mass is 9.94. The number of benzene rings is 2. The third kappa shape index (κ3) is 5.34. The highest BCUT2D eigenvalue weighted by Crippen LogP contribution is 2.43. The molecule has 11 nitrogen and oxygen atoms in total. The van der Waals surface area contributed by atoms with Crippen LogP contribution in [0.3, 0.4) is 0 Å². The number of carbonyl (C=O) groups excluding carboxylic acids is 1.